The first-order chi connectivity index (χ1) is 16.4. The maximum atomic E-state index is 13.4. The quantitative estimate of drug-likeness (QED) is 0.294. The van der Waals surface area contributed by atoms with Crippen molar-refractivity contribution in [3.8, 4) is 0 Å². The summed E-state index contributed by atoms with van der Waals surface area (Å²) in [6.45, 7) is 8.38. The third-order valence-corrected chi connectivity index (χ3v) is 7.79. The van der Waals surface area contributed by atoms with Crippen LogP contribution in [-0.4, -0.2) is 35.3 Å². The molecule has 0 bridgehead atoms. The summed E-state index contributed by atoms with van der Waals surface area (Å²) in [4.78, 5) is 19.3. The monoisotopic (exact) mass is 555 g/mol. The molecule has 0 aliphatic heterocycles. The van der Waals surface area contributed by atoms with Crippen molar-refractivity contribution in [1.82, 2.24) is 14.5 Å². The Morgan fingerprint density at radius 3 is 2.31 bits per heavy atom. The van der Waals surface area contributed by atoms with Crippen LogP contribution >= 0.6 is 34.8 Å². The number of amides is 1. The van der Waals surface area contributed by atoms with Crippen LogP contribution in [0.15, 0.2) is 53.8 Å². The number of benzene rings is 2. The second-order valence-corrected chi connectivity index (χ2v) is 12.2. The molecule has 10 heteroatoms. The van der Waals surface area contributed by atoms with E-state index < -0.39 is 9.84 Å². The zero-order valence-corrected chi connectivity index (χ0v) is 23.1. The summed E-state index contributed by atoms with van der Waals surface area (Å²) >= 11 is 18.5. The van der Waals surface area contributed by atoms with Gasteiger partial charge in [0.25, 0.3) is 5.91 Å². The van der Waals surface area contributed by atoms with Gasteiger partial charge in [-0.25, -0.2) is 13.4 Å². The third-order valence-electron chi connectivity index (χ3n) is 5.32. The molecule has 2 aromatic carbocycles. The van der Waals surface area contributed by atoms with Gasteiger partial charge in [-0.2, -0.15) is 0 Å². The number of hydrogen-bond donors (Lipinski definition) is 0. The largest absolute Gasteiger partial charge is 0.332 e. The van der Waals surface area contributed by atoms with E-state index in [0.29, 0.717) is 33.4 Å². The Morgan fingerprint density at radius 2 is 1.71 bits per heavy atom. The Balaban J connectivity index is 1.98. The molecule has 0 saturated carbocycles. The molecule has 3 rings (SSSR count). The first-order valence-electron chi connectivity index (χ1n) is 11.2. The molecule has 3 aromatic rings. The fourth-order valence-corrected chi connectivity index (χ4v) is 6.25. The number of carbonyl (C=O) groups excluding carboxylic acids is 1. The molecule has 35 heavy (non-hydrogen) atoms. The van der Waals surface area contributed by atoms with Gasteiger partial charge in [-0.05, 0) is 49.6 Å². The molecule has 0 saturated heterocycles. The normalized spacial score (nSPS) is 11.9. The Kier molecular flexibility index (Phi) is 8.91. The SMILES string of the molecule is CC(C)CN(Cc1cnc(S(=O)(=O)Cc2ccccc2Cl)n1C(C)C)C(=O)c1ccc(Cl)cc1Cl. The van der Waals surface area contributed by atoms with Crippen molar-refractivity contribution in [3.63, 3.8) is 0 Å². The second kappa shape index (κ2) is 11.3. The predicted octanol–water partition coefficient (Wildman–Crippen LogP) is 6.70. The lowest BCUT2D eigenvalue weighted by molar-refractivity contribution is 0.0717. The fraction of sp³-hybridized carbons (Fsp3) is 0.360. The summed E-state index contributed by atoms with van der Waals surface area (Å²) in [6, 6.07) is 11.4. The molecular formula is C25H28Cl3N3O3S. The third kappa shape index (κ3) is 6.58. The summed E-state index contributed by atoms with van der Waals surface area (Å²) in [5, 5.41) is 1.03. The maximum absolute atomic E-state index is 13.4. The van der Waals surface area contributed by atoms with Gasteiger partial charge in [0.15, 0.2) is 0 Å². The van der Waals surface area contributed by atoms with Crippen LogP contribution in [0.2, 0.25) is 15.1 Å². The molecule has 6 nitrogen and oxygen atoms in total. The minimum atomic E-state index is -3.81. The van der Waals surface area contributed by atoms with Crippen molar-refractivity contribution >= 4 is 50.5 Å². The van der Waals surface area contributed by atoms with Crippen LogP contribution in [0.3, 0.4) is 0 Å². The van der Waals surface area contributed by atoms with Gasteiger partial charge in [0, 0.05) is 22.6 Å². The molecule has 188 valence electrons. The van der Waals surface area contributed by atoms with E-state index >= 15 is 0 Å². The Bertz CT molecular complexity index is 1320. The first kappa shape index (κ1) is 27.5. The Hall–Kier alpha value is -2.06. The van der Waals surface area contributed by atoms with Crippen LogP contribution in [0.25, 0.3) is 0 Å². The number of imidazole rings is 1. The molecule has 0 unspecified atom stereocenters. The zero-order valence-electron chi connectivity index (χ0n) is 20.0. The van der Waals surface area contributed by atoms with Crippen LogP contribution < -0.4 is 0 Å². The van der Waals surface area contributed by atoms with E-state index in [9.17, 15) is 13.2 Å². The highest BCUT2D eigenvalue weighted by Crippen LogP contribution is 2.27. The minimum Gasteiger partial charge on any atom is -0.332 e. The van der Waals surface area contributed by atoms with E-state index in [1.54, 1.807) is 45.9 Å². The summed E-state index contributed by atoms with van der Waals surface area (Å²) in [5.41, 5.74) is 1.44. The van der Waals surface area contributed by atoms with Crippen molar-refractivity contribution in [3.05, 3.63) is 80.6 Å². The van der Waals surface area contributed by atoms with Gasteiger partial charge in [0.2, 0.25) is 15.0 Å². The highest BCUT2D eigenvalue weighted by molar-refractivity contribution is 7.90. The number of carbonyl (C=O) groups is 1. The summed E-state index contributed by atoms with van der Waals surface area (Å²) in [7, 11) is -3.81. The van der Waals surface area contributed by atoms with Crippen molar-refractivity contribution in [1.29, 1.82) is 0 Å². The Morgan fingerprint density at radius 1 is 1.03 bits per heavy atom. The number of halogens is 3. The standard InChI is InChI=1S/C25H28Cl3N3O3S/c1-16(2)13-30(24(32)21-10-9-19(26)11-23(21)28)14-20-12-29-25(31(20)17(3)4)35(33,34)15-18-7-5-6-8-22(18)27/h5-12,16-17H,13-15H2,1-4H3. The summed E-state index contributed by atoms with van der Waals surface area (Å²) in [5.74, 6) is -0.369. The van der Waals surface area contributed by atoms with Gasteiger partial charge in [-0.1, -0.05) is 66.8 Å². The van der Waals surface area contributed by atoms with E-state index in [1.807, 2.05) is 27.7 Å². The molecule has 0 N–H and O–H groups in total. The smallest absolute Gasteiger partial charge is 0.255 e. The van der Waals surface area contributed by atoms with Gasteiger partial charge >= 0.3 is 0 Å². The van der Waals surface area contributed by atoms with Crippen LogP contribution in [0.1, 0.15) is 55.4 Å². The molecule has 0 fully saturated rings. The zero-order chi connectivity index (χ0) is 25.9. The molecule has 0 aliphatic rings. The molecule has 1 heterocycles. The fourth-order valence-electron chi connectivity index (χ4n) is 3.85. The summed E-state index contributed by atoms with van der Waals surface area (Å²) in [6.07, 6.45) is 1.52. The van der Waals surface area contributed by atoms with Crippen molar-refractivity contribution in [2.24, 2.45) is 5.92 Å². The van der Waals surface area contributed by atoms with E-state index in [2.05, 4.69) is 4.98 Å². The van der Waals surface area contributed by atoms with E-state index in [-0.39, 0.29) is 40.3 Å². The van der Waals surface area contributed by atoms with Crippen LogP contribution in [-0.2, 0) is 22.1 Å². The molecule has 1 amide bonds. The lowest BCUT2D eigenvalue weighted by atomic mass is 10.1. The van der Waals surface area contributed by atoms with Gasteiger partial charge in [-0.3, -0.25) is 4.79 Å². The highest BCUT2D eigenvalue weighted by Gasteiger charge is 2.28. The van der Waals surface area contributed by atoms with Gasteiger partial charge in [0.05, 0.1) is 34.8 Å². The molecule has 0 radical (unpaired) electrons. The number of nitrogens with zero attached hydrogens (tertiary/aromatic N) is 3. The van der Waals surface area contributed by atoms with Crippen molar-refractivity contribution in [2.45, 2.75) is 51.2 Å². The average Bonchev–Trinajstić information content (AvgIpc) is 3.19. The van der Waals surface area contributed by atoms with Crippen LogP contribution in [0.5, 0.6) is 0 Å². The first-order valence-corrected chi connectivity index (χ1v) is 14.0. The second-order valence-electron chi connectivity index (χ2n) is 9.05. The lowest BCUT2D eigenvalue weighted by Gasteiger charge is -2.26. The van der Waals surface area contributed by atoms with E-state index in [4.69, 9.17) is 34.8 Å². The average molecular weight is 557 g/mol. The van der Waals surface area contributed by atoms with E-state index in [0.717, 1.165) is 0 Å². The van der Waals surface area contributed by atoms with Crippen LogP contribution in [0.4, 0.5) is 0 Å². The predicted molar refractivity (Wildman–Crippen MR) is 141 cm³/mol. The molecule has 0 spiro atoms. The highest BCUT2D eigenvalue weighted by atomic mass is 35.5. The van der Waals surface area contributed by atoms with Crippen molar-refractivity contribution < 1.29 is 13.2 Å². The lowest BCUT2D eigenvalue weighted by Crippen LogP contribution is -2.35. The number of sulfone groups is 1. The van der Waals surface area contributed by atoms with Gasteiger partial charge in [0.1, 0.15) is 0 Å². The topological polar surface area (TPSA) is 72.3 Å². The number of aromatic nitrogens is 2. The minimum absolute atomic E-state index is 0.0520. The molecule has 0 atom stereocenters. The van der Waals surface area contributed by atoms with Gasteiger partial charge < -0.3 is 9.47 Å². The Labute approximate surface area is 221 Å². The van der Waals surface area contributed by atoms with E-state index in [1.165, 1.54) is 12.3 Å². The molecule has 1 aromatic heterocycles. The molecule has 0 aliphatic carbocycles. The van der Waals surface area contributed by atoms with Gasteiger partial charge in [-0.15, -0.1) is 0 Å². The molecular weight excluding hydrogens is 529 g/mol. The number of hydrogen-bond acceptors (Lipinski definition) is 4. The van der Waals surface area contributed by atoms with Crippen LogP contribution in [0, 0.1) is 5.92 Å². The van der Waals surface area contributed by atoms with Crippen molar-refractivity contribution in [2.75, 3.05) is 6.54 Å². The number of rotatable bonds is 9. The maximum Gasteiger partial charge on any atom is 0.255 e. The summed E-state index contributed by atoms with van der Waals surface area (Å²) < 4.78 is 28.3.